The van der Waals surface area contributed by atoms with E-state index >= 15 is 0 Å². The third-order valence-corrected chi connectivity index (χ3v) is 4.10. The van der Waals surface area contributed by atoms with Gasteiger partial charge in [-0.15, -0.1) is 0 Å². The van der Waals surface area contributed by atoms with Crippen molar-refractivity contribution in [3.63, 3.8) is 0 Å². The summed E-state index contributed by atoms with van der Waals surface area (Å²) in [6, 6.07) is 7.55. The zero-order chi connectivity index (χ0) is 11.9. The maximum atomic E-state index is 5.64. The van der Waals surface area contributed by atoms with Crippen LogP contribution in [-0.2, 0) is 4.74 Å². The Balaban J connectivity index is 1.60. The Morgan fingerprint density at radius 1 is 1.24 bits per heavy atom. The SMILES string of the molecule is Nc1ccc(OCCSC2CCOCC2)cc1. The Hall–Kier alpha value is -0.870. The highest BCUT2D eigenvalue weighted by atomic mass is 32.2. The highest BCUT2D eigenvalue weighted by Gasteiger charge is 2.13. The second kappa shape index (κ2) is 6.77. The highest BCUT2D eigenvalue weighted by molar-refractivity contribution is 7.99. The molecule has 1 heterocycles. The standard InChI is InChI=1S/C13H19NO2S/c14-11-1-3-12(4-2-11)16-9-10-17-13-5-7-15-8-6-13/h1-4,13H,5-10,14H2. The molecular formula is C13H19NO2S. The normalized spacial score (nSPS) is 16.9. The zero-order valence-corrected chi connectivity index (χ0v) is 10.7. The van der Waals surface area contributed by atoms with E-state index in [1.807, 2.05) is 36.0 Å². The summed E-state index contributed by atoms with van der Waals surface area (Å²) in [7, 11) is 0. The quantitative estimate of drug-likeness (QED) is 0.647. The molecule has 2 rings (SSSR count). The minimum Gasteiger partial charge on any atom is -0.493 e. The molecule has 94 valence electrons. The summed E-state index contributed by atoms with van der Waals surface area (Å²) in [4.78, 5) is 0. The molecule has 2 N–H and O–H groups in total. The van der Waals surface area contributed by atoms with Crippen molar-refractivity contribution in [3.05, 3.63) is 24.3 Å². The van der Waals surface area contributed by atoms with Gasteiger partial charge in [-0.1, -0.05) is 0 Å². The zero-order valence-electron chi connectivity index (χ0n) is 9.93. The van der Waals surface area contributed by atoms with Gasteiger partial charge in [-0.2, -0.15) is 11.8 Å². The third-order valence-electron chi connectivity index (χ3n) is 2.75. The fourth-order valence-electron chi connectivity index (χ4n) is 1.78. The highest BCUT2D eigenvalue weighted by Crippen LogP contribution is 2.22. The van der Waals surface area contributed by atoms with Crippen LogP contribution in [0.4, 0.5) is 5.69 Å². The van der Waals surface area contributed by atoms with Gasteiger partial charge < -0.3 is 15.2 Å². The van der Waals surface area contributed by atoms with Crippen molar-refractivity contribution in [2.24, 2.45) is 0 Å². The predicted octanol–water partition coefficient (Wildman–Crippen LogP) is 2.56. The van der Waals surface area contributed by atoms with E-state index in [0.717, 1.165) is 42.3 Å². The predicted molar refractivity (Wildman–Crippen MR) is 72.6 cm³/mol. The monoisotopic (exact) mass is 253 g/mol. The number of hydrogen-bond acceptors (Lipinski definition) is 4. The molecule has 0 spiro atoms. The molecule has 0 amide bonds. The Labute approximate surface area is 107 Å². The number of thioether (sulfide) groups is 1. The van der Waals surface area contributed by atoms with Crippen molar-refractivity contribution >= 4 is 17.4 Å². The van der Waals surface area contributed by atoms with Crippen LogP contribution >= 0.6 is 11.8 Å². The minimum absolute atomic E-state index is 0.749. The summed E-state index contributed by atoms with van der Waals surface area (Å²) >= 11 is 1.99. The molecular weight excluding hydrogens is 234 g/mol. The lowest BCUT2D eigenvalue weighted by atomic mass is 10.2. The first-order valence-corrected chi connectivity index (χ1v) is 7.07. The molecule has 0 aliphatic carbocycles. The molecule has 0 bridgehead atoms. The Morgan fingerprint density at radius 2 is 1.94 bits per heavy atom. The molecule has 1 fully saturated rings. The molecule has 1 aliphatic heterocycles. The van der Waals surface area contributed by atoms with Crippen LogP contribution in [0, 0.1) is 0 Å². The summed E-state index contributed by atoms with van der Waals surface area (Å²) in [5.41, 5.74) is 6.38. The van der Waals surface area contributed by atoms with Crippen molar-refractivity contribution in [1.82, 2.24) is 0 Å². The van der Waals surface area contributed by atoms with E-state index in [9.17, 15) is 0 Å². The van der Waals surface area contributed by atoms with Crippen molar-refractivity contribution < 1.29 is 9.47 Å². The minimum atomic E-state index is 0.749. The van der Waals surface area contributed by atoms with E-state index in [0.29, 0.717) is 0 Å². The van der Waals surface area contributed by atoms with Crippen LogP contribution in [-0.4, -0.2) is 30.8 Å². The second-order valence-electron chi connectivity index (χ2n) is 4.10. The van der Waals surface area contributed by atoms with Crippen molar-refractivity contribution in [1.29, 1.82) is 0 Å². The molecule has 17 heavy (non-hydrogen) atoms. The summed E-state index contributed by atoms with van der Waals surface area (Å²) in [5, 5.41) is 0.749. The fourth-order valence-corrected chi connectivity index (χ4v) is 2.82. The molecule has 1 aromatic carbocycles. The number of nitrogen functional groups attached to an aromatic ring is 1. The van der Waals surface area contributed by atoms with E-state index in [-0.39, 0.29) is 0 Å². The van der Waals surface area contributed by atoms with Crippen LogP contribution in [0.3, 0.4) is 0 Å². The Bertz CT molecular complexity index is 323. The van der Waals surface area contributed by atoms with Gasteiger partial charge in [0.25, 0.3) is 0 Å². The van der Waals surface area contributed by atoms with Crippen molar-refractivity contribution in [2.75, 3.05) is 31.3 Å². The topological polar surface area (TPSA) is 44.5 Å². The number of ether oxygens (including phenoxy) is 2. The number of hydrogen-bond donors (Lipinski definition) is 1. The van der Waals surface area contributed by atoms with E-state index in [2.05, 4.69) is 0 Å². The molecule has 0 aromatic heterocycles. The molecule has 1 saturated heterocycles. The summed E-state index contributed by atoms with van der Waals surface area (Å²) in [6.45, 7) is 2.58. The van der Waals surface area contributed by atoms with Crippen molar-refractivity contribution in [2.45, 2.75) is 18.1 Å². The molecule has 0 unspecified atom stereocenters. The average Bonchev–Trinajstić information content (AvgIpc) is 2.38. The van der Waals surface area contributed by atoms with Gasteiger partial charge in [0.1, 0.15) is 5.75 Å². The molecule has 1 aromatic rings. The van der Waals surface area contributed by atoms with Gasteiger partial charge in [-0.05, 0) is 37.1 Å². The fraction of sp³-hybridized carbons (Fsp3) is 0.538. The molecule has 0 radical (unpaired) electrons. The average molecular weight is 253 g/mol. The lowest BCUT2D eigenvalue weighted by molar-refractivity contribution is 0.1000. The molecule has 3 nitrogen and oxygen atoms in total. The maximum Gasteiger partial charge on any atom is 0.119 e. The Kier molecular flexibility index (Phi) is 5.01. The summed E-state index contributed by atoms with van der Waals surface area (Å²) in [6.07, 6.45) is 2.35. The van der Waals surface area contributed by atoms with Crippen LogP contribution in [0.15, 0.2) is 24.3 Å². The molecule has 0 saturated carbocycles. The maximum absolute atomic E-state index is 5.64. The van der Waals surface area contributed by atoms with Gasteiger partial charge in [-0.3, -0.25) is 0 Å². The summed E-state index contributed by atoms with van der Waals surface area (Å²) in [5.74, 6) is 1.93. The van der Waals surface area contributed by atoms with Crippen LogP contribution in [0.25, 0.3) is 0 Å². The molecule has 0 atom stereocenters. The smallest absolute Gasteiger partial charge is 0.119 e. The van der Waals surface area contributed by atoms with Gasteiger partial charge in [0.15, 0.2) is 0 Å². The lowest BCUT2D eigenvalue weighted by Gasteiger charge is -2.21. The van der Waals surface area contributed by atoms with E-state index in [4.69, 9.17) is 15.2 Å². The number of benzene rings is 1. The third kappa shape index (κ3) is 4.48. The van der Waals surface area contributed by atoms with Gasteiger partial charge in [0.2, 0.25) is 0 Å². The van der Waals surface area contributed by atoms with E-state index < -0.39 is 0 Å². The second-order valence-corrected chi connectivity index (χ2v) is 5.51. The number of anilines is 1. The van der Waals surface area contributed by atoms with Crippen LogP contribution in [0.1, 0.15) is 12.8 Å². The van der Waals surface area contributed by atoms with Crippen LogP contribution in [0.5, 0.6) is 5.75 Å². The first-order chi connectivity index (χ1) is 8.34. The van der Waals surface area contributed by atoms with Crippen LogP contribution in [0.2, 0.25) is 0 Å². The molecule has 4 heteroatoms. The van der Waals surface area contributed by atoms with Gasteiger partial charge in [-0.25, -0.2) is 0 Å². The first kappa shape index (κ1) is 12.6. The lowest BCUT2D eigenvalue weighted by Crippen LogP contribution is -2.18. The van der Waals surface area contributed by atoms with E-state index in [1.54, 1.807) is 0 Å². The molecule has 1 aliphatic rings. The first-order valence-electron chi connectivity index (χ1n) is 6.02. The summed E-state index contributed by atoms with van der Waals surface area (Å²) < 4.78 is 11.0. The Morgan fingerprint density at radius 3 is 2.65 bits per heavy atom. The van der Waals surface area contributed by atoms with E-state index in [1.165, 1.54) is 12.8 Å². The number of rotatable bonds is 5. The number of nitrogens with two attached hydrogens (primary N) is 1. The van der Waals surface area contributed by atoms with Gasteiger partial charge in [0.05, 0.1) is 6.61 Å². The largest absolute Gasteiger partial charge is 0.493 e. The van der Waals surface area contributed by atoms with Gasteiger partial charge in [0, 0.05) is 29.9 Å². The van der Waals surface area contributed by atoms with Crippen molar-refractivity contribution in [3.8, 4) is 5.75 Å². The van der Waals surface area contributed by atoms with Gasteiger partial charge >= 0.3 is 0 Å². The van der Waals surface area contributed by atoms with Crippen LogP contribution < -0.4 is 10.5 Å².